The Morgan fingerprint density at radius 2 is 1.78 bits per heavy atom. The summed E-state index contributed by atoms with van der Waals surface area (Å²) in [5, 5.41) is 20.3. The van der Waals surface area contributed by atoms with Gasteiger partial charge in [0.2, 0.25) is 17.4 Å². The standard InChI is InChI=1S/C28H32N7O/c1-4-34(5-2)23-9-13-26-28(19-23)35(17-16-33-15-14-32(3)20-33)27-18-22(8-12-25(27)29-26)31-30-21-6-10-24(36)11-7-21/h6-15,18-20,23,26H,4-5,16-17H2,1-3H3/q+1/p+1. The predicted octanol–water partition coefficient (Wildman–Crippen LogP) is 2.79. The van der Waals surface area contributed by atoms with Crippen LogP contribution in [0.2, 0.25) is 0 Å². The van der Waals surface area contributed by atoms with Crippen LogP contribution in [0.25, 0.3) is 0 Å². The fourth-order valence-corrected chi connectivity index (χ4v) is 4.80. The van der Waals surface area contributed by atoms with Crippen LogP contribution in [0, 0.1) is 0 Å². The van der Waals surface area contributed by atoms with Gasteiger partial charge in [0.05, 0.1) is 24.5 Å². The second-order valence-electron chi connectivity index (χ2n) is 9.12. The fraction of sp³-hybridized carbons (Fsp3) is 0.321. The summed E-state index contributed by atoms with van der Waals surface area (Å²) in [7, 11) is 2.04. The van der Waals surface area contributed by atoms with Gasteiger partial charge in [-0.25, -0.2) is 9.13 Å². The molecule has 1 N–H and O–H groups in total. The summed E-state index contributed by atoms with van der Waals surface area (Å²) in [6.07, 6.45) is 13.1. The van der Waals surface area contributed by atoms with Crippen molar-refractivity contribution in [3.8, 4) is 5.75 Å². The number of fused-ring (bicyclic) bond motifs is 2. The molecule has 3 aromatic rings. The Hall–Kier alpha value is -3.91. The molecule has 5 rings (SSSR count). The Morgan fingerprint density at radius 1 is 1.03 bits per heavy atom. The maximum absolute atomic E-state index is 9.51. The molecule has 1 aliphatic carbocycles. The number of imidazole rings is 1. The molecule has 2 aromatic carbocycles. The first-order valence-electron chi connectivity index (χ1n) is 12.5. The highest BCUT2D eigenvalue weighted by Crippen LogP contribution is 2.22. The summed E-state index contributed by atoms with van der Waals surface area (Å²) in [5.74, 6) is 0.212. The highest BCUT2D eigenvalue weighted by atomic mass is 16.3. The summed E-state index contributed by atoms with van der Waals surface area (Å²) in [5.41, 5.74) is 2.67. The maximum atomic E-state index is 9.51. The minimum atomic E-state index is 0.00885. The third kappa shape index (κ3) is 5.04. The average Bonchev–Trinajstić information content (AvgIpc) is 3.32. The van der Waals surface area contributed by atoms with Crippen molar-refractivity contribution in [1.29, 1.82) is 0 Å². The van der Waals surface area contributed by atoms with Crippen LogP contribution in [0.5, 0.6) is 5.75 Å². The Morgan fingerprint density at radius 3 is 2.50 bits per heavy atom. The molecule has 8 nitrogen and oxygen atoms in total. The van der Waals surface area contributed by atoms with Crippen molar-refractivity contribution in [2.75, 3.05) is 19.6 Å². The van der Waals surface area contributed by atoms with E-state index in [4.69, 9.17) is 4.99 Å². The summed E-state index contributed by atoms with van der Waals surface area (Å²) in [4.78, 5) is 7.51. The predicted molar refractivity (Wildman–Crippen MR) is 139 cm³/mol. The number of hydrogen-bond acceptors (Lipinski definition) is 5. The summed E-state index contributed by atoms with van der Waals surface area (Å²) in [6.45, 7) is 8.07. The van der Waals surface area contributed by atoms with Crippen LogP contribution in [0.3, 0.4) is 0 Å². The van der Waals surface area contributed by atoms with Gasteiger partial charge in [0.25, 0.3) is 0 Å². The number of aryl methyl sites for hydroxylation is 1. The van der Waals surface area contributed by atoms with E-state index in [-0.39, 0.29) is 17.8 Å². The Balaban J connectivity index is 1.57. The number of nitrogens with zero attached hydrogens (tertiary/aromatic N) is 7. The Labute approximate surface area is 211 Å². The number of aromatic nitrogens is 2. The number of likely N-dealkylation sites (N-methyl/N-ethyl adjacent to an activating group) is 1. The first kappa shape index (κ1) is 23.8. The topological polar surface area (TPSA) is 72.4 Å². The molecule has 0 saturated carbocycles. The lowest BCUT2D eigenvalue weighted by atomic mass is 10.00. The second-order valence-corrected chi connectivity index (χ2v) is 9.12. The molecule has 0 saturated heterocycles. The van der Waals surface area contributed by atoms with E-state index >= 15 is 0 Å². The smallest absolute Gasteiger partial charge is 0.243 e. The molecule has 2 heterocycles. The first-order valence-corrected chi connectivity index (χ1v) is 12.5. The van der Waals surface area contributed by atoms with E-state index in [1.807, 2.05) is 19.2 Å². The normalized spacial score (nSPS) is 18.8. The monoisotopic (exact) mass is 483 g/mol. The van der Waals surface area contributed by atoms with Gasteiger partial charge in [0, 0.05) is 12.1 Å². The molecule has 0 fully saturated rings. The van der Waals surface area contributed by atoms with Gasteiger partial charge in [-0.2, -0.15) is 14.8 Å². The number of phenols is 1. The van der Waals surface area contributed by atoms with Gasteiger partial charge in [-0.1, -0.05) is 26.0 Å². The largest absolute Gasteiger partial charge is 0.508 e. The van der Waals surface area contributed by atoms with Gasteiger partial charge >= 0.3 is 0 Å². The van der Waals surface area contributed by atoms with Crippen molar-refractivity contribution in [2.24, 2.45) is 22.3 Å². The third-order valence-electron chi connectivity index (χ3n) is 6.74. The number of hydrogen-bond donors (Lipinski definition) is 1. The fourth-order valence-electron chi connectivity index (χ4n) is 4.80. The third-order valence-corrected chi connectivity index (χ3v) is 6.74. The molecule has 184 valence electrons. The lowest BCUT2D eigenvalue weighted by Gasteiger charge is -2.28. The van der Waals surface area contributed by atoms with Crippen LogP contribution in [0.15, 0.2) is 100 Å². The Kier molecular flexibility index (Phi) is 6.86. The van der Waals surface area contributed by atoms with E-state index in [9.17, 15) is 5.11 Å². The zero-order valence-electron chi connectivity index (χ0n) is 21.1. The number of aromatic hydroxyl groups is 1. The van der Waals surface area contributed by atoms with Crippen molar-refractivity contribution in [2.45, 2.75) is 32.5 Å². The van der Waals surface area contributed by atoms with Gasteiger partial charge in [-0.15, -0.1) is 0 Å². The molecular formula is C28H33N7O+2. The van der Waals surface area contributed by atoms with Crippen LogP contribution in [-0.4, -0.2) is 46.3 Å². The van der Waals surface area contributed by atoms with Crippen molar-refractivity contribution >= 4 is 11.4 Å². The molecule has 1 aromatic heterocycles. The lowest BCUT2D eigenvalue weighted by molar-refractivity contribution is -0.671. The van der Waals surface area contributed by atoms with E-state index in [0.717, 1.165) is 42.6 Å². The molecule has 2 atom stereocenters. The molecule has 0 bridgehead atoms. The zero-order chi connectivity index (χ0) is 25.1. The van der Waals surface area contributed by atoms with Crippen molar-refractivity contribution in [3.05, 3.63) is 95.8 Å². The van der Waals surface area contributed by atoms with Crippen LogP contribution < -0.4 is 19.9 Å². The van der Waals surface area contributed by atoms with Crippen molar-refractivity contribution in [1.82, 2.24) is 14.0 Å². The summed E-state index contributed by atoms with van der Waals surface area (Å²) < 4.78 is 6.66. The number of rotatable bonds is 8. The van der Waals surface area contributed by atoms with Crippen LogP contribution in [0.4, 0.5) is 11.4 Å². The van der Waals surface area contributed by atoms with Gasteiger partial charge in [0.15, 0.2) is 12.6 Å². The van der Waals surface area contributed by atoms with Gasteiger partial charge < -0.3 is 5.11 Å². The molecular weight excluding hydrogens is 450 g/mol. The highest BCUT2D eigenvalue weighted by Gasteiger charge is 2.32. The molecule has 8 heteroatoms. The average molecular weight is 484 g/mol. The molecule has 0 radical (unpaired) electrons. The summed E-state index contributed by atoms with van der Waals surface area (Å²) in [6, 6.07) is 13.0. The molecule has 2 aliphatic rings. The molecule has 1 aliphatic heterocycles. The van der Waals surface area contributed by atoms with E-state index in [2.05, 4.69) is 85.7 Å². The second kappa shape index (κ2) is 10.4. The number of benzene rings is 2. The van der Waals surface area contributed by atoms with E-state index < -0.39 is 0 Å². The number of phenolic OH excluding ortho intramolecular Hbond substituents is 1. The number of azo groups is 1. The first-order chi connectivity index (χ1) is 17.5. The quantitative estimate of drug-likeness (QED) is 0.304. The van der Waals surface area contributed by atoms with Gasteiger partial charge in [0.1, 0.15) is 30.0 Å². The van der Waals surface area contributed by atoms with Crippen LogP contribution >= 0.6 is 0 Å². The minimum absolute atomic E-state index is 0.00885. The van der Waals surface area contributed by atoms with Gasteiger partial charge in [-0.05, 0) is 49.5 Å². The molecule has 0 amide bonds. The Bertz CT molecular complexity index is 1450. The lowest BCUT2D eigenvalue weighted by Crippen LogP contribution is -2.49. The maximum Gasteiger partial charge on any atom is 0.243 e. The van der Waals surface area contributed by atoms with E-state index in [0.29, 0.717) is 5.69 Å². The van der Waals surface area contributed by atoms with E-state index in [1.54, 1.807) is 24.3 Å². The van der Waals surface area contributed by atoms with Crippen molar-refractivity contribution in [3.63, 3.8) is 0 Å². The van der Waals surface area contributed by atoms with Crippen LogP contribution in [-0.2, 0) is 13.6 Å². The SMILES string of the molecule is CCN(CC)C1C=CC2N=c3ccc(N=Nc4ccc(O)cc4)cc3=[N+](CCn3cc[n+](C)c3)C2=C1. The molecule has 2 unspecified atom stereocenters. The molecule has 36 heavy (non-hydrogen) atoms. The minimum Gasteiger partial charge on any atom is -0.508 e. The molecule has 0 spiro atoms. The van der Waals surface area contributed by atoms with Crippen LogP contribution in [0.1, 0.15) is 13.8 Å². The van der Waals surface area contributed by atoms with Gasteiger partial charge in [-0.3, -0.25) is 9.89 Å². The van der Waals surface area contributed by atoms with E-state index in [1.165, 1.54) is 5.70 Å². The summed E-state index contributed by atoms with van der Waals surface area (Å²) >= 11 is 0. The zero-order valence-corrected chi connectivity index (χ0v) is 21.1. The highest BCUT2D eigenvalue weighted by molar-refractivity contribution is 5.42. The van der Waals surface area contributed by atoms with Crippen molar-refractivity contribution < 1.29 is 9.67 Å².